The van der Waals surface area contributed by atoms with Gasteiger partial charge in [0.15, 0.2) is 0 Å². The first-order valence-electron chi connectivity index (χ1n) is 5.64. The van der Waals surface area contributed by atoms with E-state index in [0.717, 1.165) is 36.5 Å². The molecule has 0 aromatic heterocycles. The molecule has 0 aliphatic heterocycles. The van der Waals surface area contributed by atoms with Gasteiger partial charge in [-0.05, 0) is 31.0 Å². The van der Waals surface area contributed by atoms with Gasteiger partial charge in [0, 0.05) is 18.0 Å². The number of oxime groups is 1. The van der Waals surface area contributed by atoms with Crippen LogP contribution in [0.1, 0.15) is 24.8 Å². The lowest BCUT2D eigenvalue weighted by Gasteiger charge is -2.06. The topological polar surface area (TPSA) is 70.6 Å². The van der Waals surface area contributed by atoms with Gasteiger partial charge in [-0.25, -0.2) is 0 Å². The van der Waals surface area contributed by atoms with E-state index in [-0.39, 0.29) is 5.84 Å². The standard InChI is InChI=1S/C12H18ClN3O/c13-11-6-2-1-5-10(11)9-15-8-4-3-7-12(14)16-17/h1-2,5-6,15,17H,3-4,7-9H2,(H2,14,16). The Hall–Kier alpha value is -1.26. The van der Waals surface area contributed by atoms with Gasteiger partial charge in [0.1, 0.15) is 5.84 Å². The van der Waals surface area contributed by atoms with E-state index in [9.17, 15) is 0 Å². The zero-order chi connectivity index (χ0) is 12.5. The second kappa shape index (κ2) is 7.92. The Kier molecular flexibility index (Phi) is 6.43. The highest BCUT2D eigenvalue weighted by Crippen LogP contribution is 2.14. The summed E-state index contributed by atoms with van der Waals surface area (Å²) in [4.78, 5) is 0. The molecule has 0 bridgehead atoms. The summed E-state index contributed by atoms with van der Waals surface area (Å²) in [5.74, 6) is 0.288. The highest BCUT2D eigenvalue weighted by molar-refractivity contribution is 6.31. The van der Waals surface area contributed by atoms with Gasteiger partial charge in [0.25, 0.3) is 0 Å². The summed E-state index contributed by atoms with van der Waals surface area (Å²) in [7, 11) is 0. The van der Waals surface area contributed by atoms with Crippen LogP contribution in [-0.2, 0) is 6.54 Å². The second-order valence-electron chi connectivity index (χ2n) is 3.82. The normalized spacial score (nSPS) is 11.7. The van der Waals surface area contributed by atoms with E-state index in [4.69, 9.17) is 22.5 Å². The number of rotatable bonds is 7. The van der Waals surface area contributed by atoms with Crippen molar-refractivity contribution in [2.75, 3.05) is 6.54 Å². The molecule has 0 aliphatic carbocycles. The number of hydrogen-bond donors (Lipinski definition) is 3. The maximum Gasteiger partial charge on any atom is 0.139 e. The molecule has 0 unspecified atom stereocenters. The molecule has 0 amide bonds. The van der Waals surface area contributed by atoms with Crippen molar-refractivity contribution in [1.29, 1.82) is 0 Å². The molecule has 0 fully saturated rings. The van der Waals surface area contributed by atoms with E-state index in [0.29, 0.717) is 6.42 Å². The Labute approximate surface area is 106 Å². The number of hydrogen-bond acceptors (Lipinski definition) is 3. The molecule has 0 heterocycles. The largest absolute Gasteiger partial charge is 0.409 e. The van der Waals surface area contributed by atoms with Crippen molar-refractivity contribution in [3.05, 3.63) is 34.9 Å². The molecule has 1 rings (SSSR count). The van der Waals surface area contributed by atoms with Crippen LogP contribution in [0.4, 0.5) is 0 Å². The van der Waals surface area contributed by atoms with Crippen LogP contribution in [-0.4, -0.2) is 17.6 Å². The van der Waals surface area contributed by atoms with Gasteiger partial charge in [-0.15, -0.1) is 0 Å². The number of nitrogens with two attached hydrogens (primary N) is 1. The molecule has 5 heteroatoms. The van der Waals surface area contributed by atoms with Crippen LogP contribution in [0.2, 0.25) is 5.02 Å². The zero-order valence-corrected chi connectivity index (χ0v) is 10.5. The average Bonchev–Trinajstić information content (AvgIpc) is 2.35. The SMILES string of the molecule is NC(CCCCNCc1ccccc1Cl)=NO. The maximum absolute atomic E-state index is 8.35. The van der Waals surface area contributed by atoms with Crippen LogP contribution in [0, 0.1) is 0 Å². The number of unbranched alkanes of at least 4 members (excludes halogenated alkanes) is 1. The summed E-state index contributed by atoms with van der Waals surface area (Å²) >= 11 is 6.02. The predicted molar refractivity (Wildman–Crippen MR) is 70.4 cm³/mol. The highest BCUT2D eigenvalue weighted by atomic mass is 35.5. The minimum Gasteiger partial charge on any atom is -0.409 e. The molecule has 4 N–H and O–H groups in total. The minimum absolute atomic E-state index is 0.288. The molecule has 17 heavy (non-hydrogen) atoms. The number of nitrogens with one attached hydrogen (secondary N) is 1. The van der Waals surface area contributed by atoms with Crippen molar-refractivity contribution in [2.45, 2.75) is 25.8 Å². The van der Waals surface area contributed by atoms with Crippen molar-refractivity contribution in [3.63, 3.8) is 0 Å². The van der Waals surface area contributed by atoms with Gasteiger partial charge in [-0.2, -0.15) is 0 Å². The first kappa shape index (κ1) is 13.8. The van der Waals surface area contributed by atoms with E-state index >= 15 is 0 Å². The van der Waals surface area contributed by atoms with E-state index in [2.05, 4.69) is 10.5 Å². The third-order valence-corrected chi connectivity index (χ3v) is 2.81. The van der Waals surface area contributed by atoms with Crippen LogP contribution < -0.4 is 11.1 Å². The summed E-state index contributed by atoms with van der Waals surface area (Å²) < 4.78 is 0. The van der Waals surface area contributed by atoms with Gasteiger partial charge >= 0.3 is 0 Å². The molecule has 0 saturated heterocycles. The first-order valence-corrected chi connectivity index (χ1v) is 6.02. The molecule has 0 aliphatic rings. The summed E-state index contributed by atoms with van der Waals surface area (Å²) in [6, 6.07) is 7.78. The summed E-state index contributed by atoms with van der Waals surface area (Å²) in [6.07, 6.45) is 2.52. The lowest BCUT2D eigenvalue weighted by Crippen LogP contribution is -2.16. The first-order chi connectivity index (χ1) is 8.24. The zero-order valence-electron chi connectivity index (χ0n) is 9.69. The molecule has 0 atom stereocenters. The molecule has 1 aromatic rings. The number of halogens is 1. The van der Waals surface area contributed by atoms with E-state index < -0.39 is 0 Å². The second-order valence-corrected chi connectivity index (χ2v) is 4.22. The monoisotopic (exact) mass is 255 g/mol. The Morgan fingerprint density at radius 2 is 2.12 bits per heavy atom. The minimum atomic E-state index is 0.288. The molecule has 0 spiro atoms. The van der Waals surface area contributed by atoms with Gasteiger partial charge in [0.05, 0.1) is 0 Å². The van der Waals surface area contributed by atoms with Gasteiger partial charge < -0.3 is 16.3 Å². The molecule has 1 aromatic carbocycles. The van der Waals surface area contributed by atoms with E-state index in [1.807, 2.05) is 24.3 Å². The number of amidine groups is 1. The van der Waals surface area contributed by atoms with Crippen molar-refractivity contribution in [1.82, 2.24) is 5.32 Å². The van der Waals surface area contributed by atoms with E-state index in [1.54, 1.807) is 0 Å². The van der Waals surface area contributed by atoms with Crippen molar-refractivity contribution < 1.29 is 5.21 Å². The van der Waals surface area contributed by atoms with Crippen LogP contribution >= 0.6 is 11.6 Å². The van der Waals surface area contributed by atoms with Crippen molar-refractivity contribution in [2.24, 2.45) is 10.9 Å². The molecular formula is C12H18ClN3O. The maximum atomic E-state index is 8.35. The highest BCUT2D eigenvalue weighted by Gasteiger charge is 1.98. The van der Waals surface area contributed by atoms with Crippen LogP contribution in [0.15, 0.2) is 29.4 Å². The Morgan fingerprint density at radius 3 is 2.82 bits per heavy atom. The quantitative estimate of drug-likeness (QED) is 0.230. The van der Waals surface area contributed by atoms with Crippen molar-refractivity contribution in [3.8, 4) is 0 Å². The van der Waals surface area contributed by atoms with Crippen molar-refractivity contribution >= 4 is 17.4 Å². The number of benzene rings is 1. The summed E-state index contributed by atoms with van der Waals surface area (Å²) in [6.45, 7) is 1.66. The summed E-state index contributed by atoms with van der Waals surface area (Å²) in [5.41, 5.74) is 6.46. The molecular weight excluding hydrogens is 238 g/mol. The van der Waals surface area contributed by atoms with Gasteiger partial charge in [0.2, 0.25) is 0 Å². The average molecular weight is 256 g/mol. The lowest BCUT2D eigenvalue weighted by molar-refractivity contribution is 0.316. The Bertz CT molecular complexity index is 369. The molecule has 0 saturated carbocycles. The van der Waals surface area contributed by atoms with Gasteiger partial charge in [-0.1, -0.05) is 35.0 Å². The molecule has 0 radical (unpaired) electrons. The third-order valence-electron chi connectivity index (χ3n) is 2.44. The number of nitrogens with zero attached hydrogens (tertiary/aromatic N) is 1. The Morgan fingerprint density at radius 1 is 1.35 bits per heavy atom. The van der Waals surface area contributed by atoms with Crippen LogP contribution in [0.25, 0.3) is 0 Å². The Balaban J connectivity index is 2.11. The molecule has 94 valence electrons. The lowest BCUT2D eigenvalue weighted by atomic mass is 10.2. The van der Waals surface area contributed by atoms with E-state index in [1.165, 1.54) is 0 Å². The molecule has 4 nitrogen and oxygen atoms in total. The smallest absolute Gasteiger partial charge is 0.139 e. The van der Waals surface area contributed by atoms with Crippen LogP contribution in [0.3, 0.4) is 0 Å². The fourth-order valence-corrected chi connectivity index (χ4v) is 1.67. The van der Waals surface area contributed by atoms with Crippen LogP contribution in [0.5, 0.6) is 0 Å². The fourth-order valence-electron chi connectivity index (χ4n) is 1.47. The summed E-state index contributed by atoms with van der Waals surface area (Å²) in [5, 5.41) is 15.4. The van der Waals surface area contributed by atoms with Gasteiger partial charge in [-0.3, -0.25) is 0 Å². The fraction of sp³-hybridized carbons (Fsp3) is 0.417. The third kappa shape index (κ3) is 5.56. The predicted octanol–water partition coefficient (Wildman–Crippen LogP) is 2.35.